The zero-order valence-corrected chi connectivity index (χ0v) is 64.9. The summed E-state index contributed by atoms with van der Waals surface area (Å²) in [5.41, 5.74) is 8.69. The van der Waals surface area contributed by atoms with Gasteiger partial charge in [0.25, 0.3) is 24.8 Å². The first kappa shape index (κ1) is 87.3. The monoisotopic (exact) mass is 1680 g/mol. The minimum absolute atomic E-state index is 0. The number of nitrogens with two attached hydrogens (primary N) is 1. The second kappa shape index (κ2) is 43.0. The van der Waals surface area contributed by atoms with Crippen LogP contribution in [0.4, 0.5) is 27.1 Å². The molecule has 0 bridgehead atoms. The average molecular weight is 1680 g/mol. The van der Waals surface area contributed by atoms with Crippen molar-refractivity contribution >= 4 is 183 Å². The van der Waals surface area contributed by atoms with E-state index in [4.69, 9.17) is 92.9 Å². The van der Waals surface area contributed by atoms with E-state index in [1.807, 2.05) is 73.1 Å². The zero-order chi connectivity index (χ0) is 70.5. The van der Waals surface area contributed by atoms with Gasteiger partial charge < -0.3 is 21.7 Å². The van der Waals surface area contributed by atoms with Gasteiger partial charge in [-0.2, -0.15) is 4.39 Å². The summed E-state index contributed by atoms with van der Waals surface area (Å²) < 4.78 is 63.8. The van der Waals surface area contributed by atoms with Crippen LogP contribution >= 0.6 is 122 Å². The molecule has 0 atom stereocenters. The van der Waals surface area contributed by atoms with Crippen molar-refractivity contribution in [1.29, 1.82) is 0 Å². The summed E-state index contributed by atoms with van der Waals surface area (Å²) in [5.74, 6) is -0.914. The Hall–Kier alpha value is -5.83. The molecule has 10 rings (SSSR count). The molecule has 2 radical (unpaired) electrons. The molecule has 0 unspecified atom stereocenters. The zero-order valence-electron chi connectivity index (χ0n) is 51.8. The van der Waals surface area contributed by atoms with Crippen molar-refractivity contribution in [3.63, 3.8) is 0 Å². The van der Waals surface area contributed by atoms with E-state index in [9.17, 15) is 41.5 Å². The van der Waals surface area contributed by atoms with E-state index in [2.05, 4.69) is 66.2 Å². The van der Waals surface area contributed by atoms with Gasteiger partial charge in [-0.3, -0.25) is 39.9 Å². The van der Waals surface area contributed by atoms with E-state index < -0.39 is 59.3 Å². The van der Waals surface area contributed by atoms with Crippen LogP contribution in [0.25, 0.3) is 0 Å². The molecule has 8 N–H and O–H groups in total. The molecule has 0 saturated heterocycles. The van der Waals surface area contributed by atoms with E-state index in [0.717, 1.165) is 53.0 Å². The minimum atomic E-state index is -3.72. The van der Waals surface area contributed by atoms with Crippen molar-refractivity contribution in [2.45, 2.75) is 91.5 Å². The summed E-state index contributed by atoms with van der Waals surface area (Å²) in [5, 5.41) is 22.8. The van der Waals surface area contributed by atoms with Gasteiger partial charge in [-0.25, -0.2) is 16.8 Å². The topological polar surface area (TPSA) is 310 Å². The first-order valence-electron chi connectivity index (χ1n) is 27.1. The molecule has 6 aromatic carbocycles. The van der Waals surface area contributed by atoms with Crippen molar-refractivity contribution < 1.29 is 42.0 Å². The second-order valence-electron chi connectivity index (χ2n) is 20.8. The molecule has 4 heterocycles. The number of aromatic amines is 1. The number of benzene rings is 6. The summed E-state index contributed by atoms with van der Waals surface area (Å²) in [6.45, 7) is 12.5. The van der Waals surface area contributed by atoms with Crippen molar-refractivity contribution in [1.82, 2.24) is 19.9 Å². The molecule has 0 amide bonds. The van der Waals surface area contributed by atoms with Crippen molar-refractivity contribution in [3.05, 3.63) is 281 Å². The molecular weight excluding hydrogens is 1620 g/mol. The molecule has 97 heavy (non-hydrogen) atoms. The third kappa shape index (κ3) is 32.4. The number of nitro groups is 2. The first-order chi connectivity index (χ1) is 44.7. The number of hydrogen-bond donors (Lipinski definition) is 3. The van der Waals surface area contributed by atoms with Gasteiger partial charge in [-0.15, -0.1) is 0 Å². The maximum absolute atomic E-state index is 12.9. The van der Waals surface area contributed by atoms with E-state index in [-0.39, 0.29) is 42.3 Å². The number of hydrogen-bond acceptors (Lipinski definition) is 16. The second-order valence-corrected chi connectivity index (χ2v) is 34.9. The van der Waals surface area contributed by atoms with Gasteiger partial charge in [0.1, 0.15) is 0 Å². The maximum atomic E-state index is 12.9. The molecule has 0 fully saturated rings. The summed E-state index contributed by atoms with van der Waals surface area (Å²) >= 11 is 31.5. The van der Waals surface area contributed by atoms with Crippen LogP contribution in [-0.4, -0.2) is 76.5 Å². The predicted octanol–water partition coefficient (Wildman–Crippen LogP) is 19.6. The van der Waals surface area contributed by atoms with Gasteiger partial charge in [0, 0.05) is 127 Å². The molecule has 33 heteroatoms. The van der Waals surface area contributed by atoms with Crippen molar-refractivity contribution in [2.24, 2.45) is 0 Å². The molecule has 4 aromatic heterocycles. The molecule has 0 aliphatic heterocycles. The Morgan fingerprint density at radius 2 is 0.876 bits per heavy atom. The molecule has 10 aromatic rings. The van der Waals surface area contributed by atoms with E-state index >= 15 is 0 Å². The van der Waals surface area contributed by atoms with Crippen LogP contribution in [0.1, 0.15) is 52.7 Å². The molecule has 0 aliphatic carbocycles. The normalized spacial score (nSPS) is 10.6. The first-order valence-corrected chi connectivity index (χ1v) is 42.5. The molecule has 18 nitrogen and oxygen atoms in total. The Labute approximate surface area is 622 Å². The summed E-state index contributed by atoms with van der Waals surface area (Å²) in [4.78, 5) is 39.9. The molecule has 0 spiro atoms. The van der Waals surface area contributed by atoms with Gasteiger partial charge >= 0.3 is 42.4 Å². The van der Waals surface area contributed by atoms with Gasteiger partial charge in [0.15, 0.2) is 0 Å². The Morgan fingerprint density at radius 3 is 1.26 bits per heavy atom. The summed E-state index contributed by atoms with van der Waals surface area (Å²) in [7, 11) is 7.75. The number of anilines is 2. The van der Waals surface area contributed by atoms with E-state index in [0.29, 0.717) is 30.5 Å². The number of pyridine rings is 4. The fraction of sp³-hybridized carbons (Fsp3) is 0.125. The van der Waals surface area contributed by atoms with Crippen LogP contribution in [0.5, 0.6) is 0 Å². The Balaban J connectivity index is 0.000000409. The molecule has 0 saturated carbocycles. The van der Waals surface area contributed by atoms with E-state index in [1.165, 1.54) is 53.9 Å². The third-order valence-electron chi connectivity index (χ3n) is 11.7. The Morgan fingerprint density at radius 1 is 0.526 bits per heavy atom. The average Bonchev–Trinajstić information content (AvgIpc) is 0.825. The predicted molar refractivity (Wildman–Crippen MR) is 399 cm³/mol. The van der Waals surface area contributed by atoms with Gasteiger partial charge in [-0.1, -0.05) is 160 Å². The number of rotatable bonds is 12. The van der Waals surface area contributed by atoms with Crippen LogP contribution in [0, 0.1) is 30.6 Å². The van der Waals surface area contributed by atoms with Crippen LogP contribution < -0.4 is 10.5 Å². The van der Waals surface area contributed by atoms with Gasteiger partial charge in [0.05, 0.1) is 30.2 Å². The molecular formula is C64H62Cl7FN8O10S6Sn. The summed E-state index contributed by atoms with van der Waals surface area (Å²) in [6, 6.07) is 46.7. The van der Waals surface area contributed by atoms with Crippen molar-refractivity contribution in [2.75, 3.05) is 10.5 Å². The van der Waals surface area contributed by atoms with Crippen molar-refractivity contribution in [3.8, 4) is 0 Å². The van der Waals surface area contributed by atoms with Gasteiger partial charge in [0.2, 0.25) is 5.82 Å². The molecule has 514 valence electrons. The number of nitrogens with one attached hydrogen (secondary N) is 2. The third-order valence-corrected chi connectivity index (χ3v) is 18.9. The van der Waals surface area contributed by atoms with Crippen LogP contribution in [-0.2, 0) is 29.9 Å². The quantitative estimate of drug-likeness (QED) is 0.0256. The number of aromatic nitrogens is 4. The Kier molecular flexibility index (Phi) is 38.7. The number of H-pyrrole nitrogens is 1. The fourth-order valence-corrected chi connectivity index (χ4v) is 12.7. The standard InChI is InChI=1S/C21H21ClN2O2S2.C11H7ClN2O2S.C11H9ClN2S.C10H13ClO2S.C6H3ClFNO2.C5H5NS.2ClH.2H2O.Sn/c1-21(2,3)15-4-7-18(8-5-15)28(25,26)24-19-9-6-16(22)14-20(19)27-17-10-12-23-13-11-17;12-8-1-2-10(14(15)16)11(7-8)17-9-3-5-13-6-4-9;12-8-1-2-10(13)11(7-8)15-9-3-5-14-6-4-9;1-10(2,3)8-4-6-9(7-5-8)14(11,12)13;7-4-1-2-6(9(10)11)5(8)3-4;7-5-1-3-6-4-2-5;;;;;/h4-14,24H,1-3H3;1-7H;1-7H,13H2;4-7H,1-3H3;1-3H;1-4H,(H,6,7);2*1H;2*1H2;/q;;;;;;;;;;+2/p-2. The number of nitrogen functional groups attached to an aromatic ring is 1. The SMILES string of the molecule is CC(C)(C)c1ccc(S(=O)(=O)Cl)cc1.CC(C)(C)c1ccc(S(=O)(=O)Nc2ccc(Cl)cc2Sc2ccncc2)cc1.Nc1ccc(Cl)cc1Sc1ccncc1.O.O.O=[N+]([O-])c1ccc(Cl)cc1F.O=[N+]([O-])c1ccc(Cl)cc1Sc1ccncc1.S=c1cc[nH]cc1.[Cl][Sn][Cl]. The molecule has 0 aliphatic rings. The van der Waals surface area contributed by atoms with Crippen LogP contribution in [0.15, 0.2) is 259 Å². The fourth-order valence-electron chi connectivity index (χ4n) is 7.04. The van der Waals surface area contributed by atoms with E-state index in [1.54, 1.807) is 116 Å². The number of nitro benzene ring substituents is 2. The Bertz CT molecular complexity index is 4380. The number of nitrogens with zero attached hydrogens (tertiary/aromatic N) is 5. The van der Waals surface area contributed by atoms with Crippen LogP contribution in [0.3, 0.4) is 0 Å². The van der Waals surface area contributed by atoms with Crippen LogP contribution in [0.2, 0.25) is 20.1 Å². The summed E-state index contributed by atoms with van der Waals surface area (Å²) in [6.07, 6.45) is 13.8. The number of sulfonamides is 1. The van der Waals surface area contributed by atoms with Gasteiger partial charge in [-0.05, 0) is 155 Å². The number of halogens is 8.